The minimum atomic E-state index is -0.994. The van der Waals surface area contributed by atoms with Crippen molar-refractivity contribution in [3.63, 3.8) is 0 Å². The van der Waals surface area contributed by atoms with Crippen LogP contribution in [0.25, 0.3) is 6.08 Å². The van der Waals surface area contributed by atoms with Crippen molar-refractivity contribution >= 4 is 12.0 Å². The predicted octanol–water partition coefficient (Wildman–Crippen LogP) is 3.90. The second-order valence-electron chi connectivity index (χ2n) is 4.93. The number of carbonyl (C=O) groups is 1. The van der Waals surface area contributed by atoms with Crippen LogP contribution in [0.15, 0.2) is 36.7 Å². The number of aliphatic carboxylic acids is 1. The summed E-state index contributed by atoms with van der Waals surface area (Å²) in [4.78, 5) is 14.6. The highest BCUT2D eigenvalue weighted by Crippen LogP contribution is 2.28. The van der Waals surface area contributed by atoms with Crippen molar-refractivity contribution in [3.8, 4) is 11.5 Å². The van der Waals surface area contributed by atoms with Gasteiger partial charge in [0.05, 0.1) is 6.20 Å². The van der Waals surface area contributed by atoms with E-state index in [9.17, 15) is 4.79 Å². The molecule has 0 bridgehead atoms. The molecule has 0 unspecified atom stereocenters. The lowest BCUT2D eigenvalue weighted by molar-refractivity contribution is -0.131. The maximum absolute atomic E-state index is 10.5. The average molecular weight is 283 g/mol. The molecule has 1 heterocycles. The number of carboxylic acid groups (broad SMARTS) is 1. The summed E-state index contributed by atoms with van der Waals surface area (Å²) in [6.45, 7) is 6.06. The minimum absolute atomic E-state index is 0.579. The van der Waals surface area contributed by atoms with Gasteiger partial charge in [-0.25, -0.2) is 4.79 Å². The van der Waals surface area contributed by atoms with E-state index in [1.165, 1.54) is 11.6 Å². The zero-order valence-corrected chi connectivity index (χ0v) is 12.3. The first-order valence-corrected chi connectivity index (χ1v) is 6.57. The molecule has 4 heteroatoms. The Kier molecular flexibility index (Phi) is 4.38. The SMILES string of the molecule is Cc1cc(C)c(C)c(Oc2cncc(/C=C/C(=O)O)c2)c1. The Hall–Kier alpha value is -2.62. The lowest BCUT2D eigenvalue weighted by Gasteiger charge is -2.12. The first-order valence-electron chi connectivity index (χ1n) is 6.57. The normalized spacial score (nSPS) is 10.8. The van der Waals surface area contributed by atoms with E-state index in [-0.39, 0.29) is 0 Å². The number of carboxylic acids is 1. The van der Waals surface area contributed by atoms with Gasteiger partial charge in [-0.15, -0.1) is 0 Å². The molecule has 0 atom stereocenters. The Labute approximate surface area is 123 Å². The van der Waals surface area contributed by atoms with E-state index < -0.39 is 5.97 Å². The topological polar surface area (TPSA) is 59.4 Å². The Morgan fingerprint density at radius 1 is 1.19 bits per heavy atom. The van der Waals surface area contributed by atoms with Crippen molar-refractivity contribution in [3.05, 3.63) is 58.9 Å². The molecule has 2 rings (SSSR count). The second-order valence-corrected chi connectivity index (χ2v) is 4.93. The molecule has 2 aromatic rings. The number of hydrogen-bond acceptors (Lipinski definition) is 3. The van der Waals surface area contributed by atoms with Crippen molar-refractivity contribution in [1.29, 1.82) is 0 Å². The Morgan fingerprint density at radius 2 is 1.95 bits per heavy atom. The lowest BCUT2D eigenvalue weighted by atomic mass is 10.1. The van der Waals surface area contributed by atoms with Gasteiger partial charge < -0.3 is 9.84 Å². The number of aromatic nitrogens is 1. The van der Waals surface area contributed by atoms with Crippen LogP contribution in [0.4, 0.5) is 0 Å². The second kappa shape index (κ2) is 6.22. The maximum Gasteiger partial charge on any atom is 0.328 e. The van der Waals surface area contributed by atoms with Gasteiger partial charge in [0.25, 0.3) is 0 Å². The predicted molar refractivity (Wildman–Crippen MR) is 81.6 cm³/mol. The summed E-state index contributed by atoms with van der Waals surface area (Å²) < 4.78 is 5.87. The third-order valence-corrected chi connectivity index (χ3v) is 3.14. The lowest BCUT2D eigenvalue weighted by Crippen LogP contribution is -1.93. The average Bonchev–Trinajstić information content (AvgIpc) is 2.42. The van der Waals surface area contributed by atoms with Crippen LogP contribution in [0, 0.1) is 20.8 Å². The molecule has 1 aromatic carbocycles. The number of benzene rings is 1. The van der Waals surface area contributed by atoms with Crippen molar-refractivity contribution in [2.24, 2.45) is 0 Å². The largest absolute Gasteiger partial charge is 0.478 e. The smallest absolute Gasteiger partial charge is 0.328 e. The summed E-state index contributed by atoms with van der Waals surface area (Å²) in [6.07, 6.45) is 5.75. The van der Waals surface area contributed by atoms with Crippen LogP contribution in [0.5, 0.6) is 11.5 Å². The number of hydrogen-bond donors (Lipinski definition) is 1. The Bertz CT molecular complexity index is 705. The molecule has 0 aliphatic carbocycles. The Morgan fingerprint density at radius 3 is 2.67 bits per heavy atom. The fourth-order valence-electron chi connectivity index (χ4n) is 1.98. The van der Waals surface area contributed by atoms with Crippen LogP contribution in [0.2, 0.25) is 0 Å². The molecule has 0 aliphatic rings. The van der Waals surface area contributed by atoms with E-state index in [1.54, 1.807) is 18.5 Å². The van der Waals surface area contributed by atoms with Crippen molar-refractivity contribution in [2.45, 2.75) is 20.8 Å². The van der Waals surface area contributed by atoms with E-state index in [4.69, 9.17) is 9.84 Å². The van der Waals surface area contributed by atoms with Gasteiger partial charge in [-0.3, -0.25) is 4.98 Å². The van der Waals surface area contributed by atoms with E-state index >= 15 is 0 Å². The summed E-state index contributed by atoms with van der Waals surface area (Å²) in [7, 11) is 0. The molecule has 0 spiro atoms. The van der Waals surface area contributed by atoms with Crippen molar-refractivity contribution in [2.75, 3.05) is 0 Å². The first kappa shape index (κ1) is 14.8. The van der Waals surface area contributed by atoms with Gasteiger partial charge in [-0.1, -0.05) is 6.07 Å². The molecule has 0 radical (unpaired) electrons. The highest BCUT2D eigenvalue weighted by atomic mass is 16.5. The Balaban J connectivity index is 2.28. The van der Waals surface area contributed by atoms with E-state index in [0.717, 1.165) is 23.0 Å². The molecule has 4 nitrogen and oxygen atoms in total. The molecular formula is C17H17NO3. The molecule has 108 valence electrons. The van der Waals surface area contributed by atoms with Crippen LogP contribution >= 0.6 is 0 Å². The van der Waals surface area contributed by atoms with Crippen LogP contribution < -0.4 is 4.74 Å². The maximum atomic E-state index is 10.5. The number of aryl methyl sites for hydroxylation is 2. The summed E-state index contributed by atoms with van der Waals surface area (Å²) in [5.74, 6) is 0.371. The van der Waals surface area contributed by atoms with Gasteiger partial charge in [-0.05, 0) is 61.2 Å². The van der Waals surface area contributed by atoms with Crippen LogP contribution in [0.1, 0.15) is 22.3 Å². The molecule has 1 N–H and O–H groups in total. The van der Waals surface area contributed by atoms with Gasteiger partial charge in [0.1, 0.15) is 11.5 Å². The summed E-state index contributed by atoms with van der Waals surface area (Å²) in [5, 5.41) is 8.64. The number of nitrogens with zero attached hydrogens (tertiary/aromatic N) is 1. The van der Waals surface area contributed by atoms with Gasteiger partial charge >= 0.3 is 5.97 Å². The fraction of sp³-hybridized carbons (Fsp3) is 0.176. The minimum Gasteiger partial charge on any atom is -0.478 e. The molecule has 0 saturated heterocycles. The van der Waals surface area contributed by atoms with Crippen LogP contribution in [0.3, 0.4) is 0 Å². The van der Waals surface area contributed by atoms with E-state index in [1.807, 2.05) is 26.8 Å². The molecule has 0 aliphatic heterocycles. The molecule has 0 saturated carbocycles. The van der Waals surface area contributed by atoms with E-state index in [0.29, 0.717) is 11.3 Å². The highest BCUT2D eigenvalue weighted by molar-refractivity contribution is 5.85. The monoisotopic (exact) mass is 283 g/mol. The molecule has 1 aromatic heterocycles. The van der Waals surface area contributed by atoms with Gasteiger partial charge in [-0.2, -0.15) is 0 Å². The first-order chi connectivity index (χ1) is 9.95. The molecule has 0 fully saturated rings. The van der Waals surface area contributed by atoms with Crippen molar-refractivity contribution in [1.82, 2.24) is 4.98 Å². The third kappa shape index (κ3) is 3.92. The van der Waals surface area contributed by atoms with Crippen molar-refractivity contribution < 1.29 is 14.6 Å². The van der Waals surface area contributed by atoms with Gasteiger partial charge in [0.15, 0.2) is 0 Å². The van der Waals surface area contributed by atoms with Gasteiger partial charge in [0.2, 0.25) is 0 Å². The summed E-state index contributed by atoms with van der Waals surface area (Å²) in [6, 6.07) is 5.83. The number of ether oxygens (including phenoxy) is 1. The molecule has 0 amide bonds. The fourth-order valence-corrected chi connectivity index (χ4v) is 1.98. The number of pyridine rings is 1. The quantitative estimate of drug-likeness (QED) is 0.865. The zero-order chi connectivity index (χ0) is 15.4. The summed E-state index contributed by atoms with van der Waals surface area (Å²) in [5.41, 5.74) is 4.05. The van der Waals surface area contributed by atoms with E-state index in [2.05, 4.69) is 11.1 Å². The highest BCUT2D eigenvalue weighted by Gasteiger charge is 2.06. The molecular weight excluding hydrogens is 266 g/mol. The van der Waals surface area contributed by atoms with Gasteiger partial charge in [0, 0.05) is 12.3 Å². The van der Waals surface area contributed by atoms with Crippen LogP contribution in [-0.2, 0) is 4.79 Å². The standard InChI is InChI=1S/C17H17NO3/c1-11-6-12(2)13(3)16(7-11)21-15-8-14(9-18-10-15)4-5-17(19)20/h4-10H,1-3H3,(H,19,20)/b5-4+. The van der Waals surface area contributed by atoms with Crippen LogP contribution in [-0.4, -0.2) is 16.1 Å². The summed E-state index contributed by atoms with van der Waals surface area (Å²) >= 11 is 0. The third-order valence-electron chi connectivity index (χ3n) is 3.14. The molecule has 21 heavy (non-hydrogen) atoms. The zero-order valence-electron chi connectivity index (χ0n) is 12.3. The number of rotatable bonds is 4.